The maximum absolute atomic E-state index is 14.2. The fourth-order valence-corrected chi connectivity index (χ4v) is 6.62. The number of benzene rings is 2. The van der Waals surface area contributed by atoms with Gasteiger partial charge in [0.2, 0.25) is 5.91 Å². The molecule has 0 radical (unpaired) electrons. The number of carbonyl (C=O) groups is 2. The Hall–Kier alpha value is -3.18. The number of urea groups is 1. The fraction of sp³-hybridized carbons (Fsp3) is 0.548. The minimum atomic E-state index is -4.53. The molecule has 3 unspecified atom stereocenters. The highest BCUT2D eigenvalue weighted by atomic mass is 19.4. The highest BCUT2D eigenvalue weighted by Gasteiger charge is 2.56. The summed E-state index contributed by atoms with van der Waals surface area (Å²) in [4.78, 5) is 32.6. The second kappa shape index (κ2) is 12.2. The van der Waals surface area contributed by atoms with Crippen LogP contribution in [0.1, 0.15) is 73.0 Å². The van der Waals surface area contributed by atoms with Gasteiger partial charge < -0.3 is 24.9 Å². The summed E-state index contributed by atoms with van der Waals surface area (Å²) in [5, 5.41) is 19.6. The molecular formula is C31H39F4N3O4. The van der Waals surface area contributed by atoms with E-state index < -0.39 is 47.1 Å². The van der Waals surface area contributed by atoms with Crippen LogP contribution in [-0.4, -0.2) is 76.2 Å². The molecule has 11 heteroatoms. The monoisotopic (exact) mass is 593 g/mol. The summed E-state index contributed by atoms with van der Waals surface area (Å²) in [5.41, 5.74) is 0.347. The van der Waals surface area contributed by atoms with Crippen molar-refractivity contribution in [2.45, 2.75) is 70.8 Å². The van der Waals surface area contributed by atoms with E-state index >= 15 is 0 Å². The lowest BCUT2D eigenvalue weighted by Crippen LogP contribution is -2.57. The van der Waals surface area contributed by atoms with Crippen molar-refractivity contribution in [1.29, 1.82) is 0 Å². The van der Waals surface area contributed by atoms with Crippen molar-refractivity contribution >= 4 is 11.9 Å². The number of carbonyl (C=O) groups excluding carboxylic acids is 2. The van der Waals surface area contributed by atoms with Crippen LogP contribution in [0.15, 0.2) is 36.4 Å². The topological polar surface area (TPSA) is 84.3 Å². The highest BCUT2D eigenvalue weighted by Crippen LogP contribution is 2.49. The SMILES string of the molecule is CCc1cc(C(C)N(C)C(=O)N2CCN3C(=O)C(CCO)(CCO)CC3C2c2ccc(F)cc2C)cc(C(F)(F)F)c1. The molecule has 2 aliphatic rings. The molecule has 2 heterocycles. The minimum Gasteiger partial charge on any atom is -0.396 e. The number of halogens is 4. The predicted octanol–water partition coefficient (Wildman–Crippen LogP) is 5.24. The van der Waals surface area contributed by atoms with Crippen LogP contribution >= 0.6 is 0 Å². The molecular weight excluding hydrogens is 554 g/mol. The van der Waals surface area contributed by atoms with Gasteiger partial charge in [0.25, 0.3) is 0 Å². The largest absolute Gasteiger partial charge is 0.416 e. The normalized spacial score (nSPS) is 21.0. The Bertz CT molecular complexity index is 1310. The van der Waals surface area contributed by atoms with Crippen LogP contribution in [0.2, 0.25) is 0 Å². The van der Waals surface area contributed by atoms with E-state index in [1.807, 2.05) is 0 Å². The van der Waals surface area contributed by atoms with Crippen molar-refractivity contribution in [2.24, 2.45) is 5.41 Å². The number of alkyl halides is 3. The minimum absolute atomic E-state index is 0.150. The molecule has 0 bridgehead atoms. The molecule has 4 rings (SSSR count). The average molecular weight is 594 g/mol. The molecule has 2 aromatic rings. The van der Waals surface area contributed by atoms with E-state index in [2.05, 4.69) is 0 Å². The first-order chi connectivity index (χ1) is 19.8. The van der Waals surface area contributed by atoms with Crippen LogP contribution in [0.3, 0.4) is 0 Å². The number of hydrogen-bond acceptors (Lipinski definition) is 4. The molecule has 3 amide bonds. The molecule has 0 saturated carbocycles. The van der Waals surface area contributed by atoms with Gasteiger partial charge >= 0.3 is 12.2 Å². The zero-order valence-electron chi connectivity index (χ0n) is 24.4. The Morgan fingerprint density at radius 3 is 2.36 bits per heavy atom. The zero-order chi connectivity index (χ0) is 31.0. The fourth-order valence-electron chi connectivity index (χ4n) is 6.62. The van der Waals surface area contributed by atoms with Crippen molar-refractivity contribution in [1.82, 2.24) is 14.7 Å². The molecule has 2 N–H and O–H groups in total. The average Bonchev–Trinajstić information content (AvgIpc) is 3.22. The number of piperazine rings is 1. The van der Waals surface area contributed by atoms with E-state index in [0.29, 0.717) is 28.7 Å². The lowest BCUT2D eigenvalue weighted by atomic mass is 9.77. The first-order valence-corrected chi connectivity index (χ1v) is 14.3. The smallest absolute Gasteiger partial charge is 0.396 e. The second-order valence-electron chi connectivity index (χ2n) is 11.5. The Morgan fingerprint density at radius 1 is 1.12 bits per heavy atom. The van der Waals surface area contributed by atoms with E-state index in [9.17, 15) is 37.4 Å². The number of nitrogens with zero attached hydrogens (tertiary/aromatic N) is 3. The van der Waals surface area contributed by atoms with E-state index in [0.717, 1.165) is 12.1 Å². The van der Waals surface area contributed by atoms with Gasteiger partial charge in [-0.3, -0.25) is 4.79 Å². The van der Waals surface area contributed by atoms with Crippen molar-refractivity contribution in [3.05, 3.63) is 70.0 Å². The Labute approximate surface area is 243 Å². The summed E-state index contributed by atoms with van der Waals surface area (Å²) < 4.78 is 55.1. The maximum Gasteiger partial charge on any atom is 0.416 e. The zero-order valence-corrected chi connectivity index (χ0v) is 24.4. The summed E-state index contributed by atoms with van der Waals surface area (Å²) in [6.45, 7) is 5.05. The third-order valence-corrected chi connectivity index (χ3v) is 9.09. The van der Waals surface area contributed by atoms with Crippen LogP contribution < -0.4 is 0 Å². The summed E-state index contributed by atoms with van der Waals surface area (Å²) in [7, 11) is 1.54. The number of aryl methyl sites for hydroxylation is 2. The summed E-state index contributed by atoms with van der Waals surface area (Å²) in [6.07, 6.45) is -3.53. The van der Waals surface area contributed by atoms with Crippen LogP contribution in [0.25, 0.3) is 0 Å². The van der Waals surface area contributed by atoms with Crippen molar-refractivity contribution in [3.63, 3.8) is 0 Å². The van der Waals surface area contributed by atoms with Crippen molar-refractivity contribution in [3.8, 4) is 0 Å². The van der Waals surface area contributed by atoms with Crippen molar-refractivity contribution in [2.75, 3.05) is 33.4 Å². The number of amides is 3. The number of hydrogen-bond donors (Lipinski definition) is 2. The Balaban J connectivity index is 1.74. The molecule has 0 aromatic heterocycles. The molecule has 2 saturated heterocycles. The van der Waals surface area contributed by atoms with Crippen LogP contribution in [0.5, 0.6) is 0 Å². The summed E-state index contributed by atoms with van der Waals surface area (Å²) in [5.74, 6) is -0.633. The van der Waals surface area contributed by atoms with Gasteiger partial charge in [0, 0.05) is 33.4 Å². The second-order valence-corrected chi connectivity index (χ2v) is 11.5. The first kappa shape index (κ1) is 31.7. The number of aliphatic hydroxyl groups is 2. The van der Waals surface area contributed by atoms with E-state index in [1.165, 1.54) is 17.0 Å². The quantitative estimate of drug-likeness (QED) is 0.411. The van der Waals surface area contributed by atoms with E-state index in [-0.39, 0.29) is 51.5 Å². The molecule has 2 fully saturated rings. The van der Waals surface area contributed by atoms with Crippen LogP contribution in [0.4, 0.5) is 22.4 Å². The van der Waals surface area contributed by atoms with E-state index in [1.54, 1.807) is 49.8 Å². The molecule has 3 atom stereocenters. The van der Waals surface area contributed by atoms with Crippen molar-refractivity contribution < 1.29 is 37.4 Å². The van der Waals surface area contributed by atoms with Gasteiger partial charge in [-0.25, -0.2) is 9.18 Å². The summed E-state index contributed by atoms with van der Waals surface area (Å²) in [6, 6.07) is 5.83. The van der Waals surface area contributed by atoms with Crippen LogP contribution in [-0.2, 0) is 17.4 Å². The van der Waals surface area contributed by atoms with Gasteiger partial charge in [0.05, 0.1) is 29.1 Å². The van der Waals surface area contributed by atoms with Gasteiger partial charge in [0.15, 0.2) is 0 Å². The Kier molecular flexibility index (Phi) is 9.22. The predicted molar refractivity (Wildman–Crippen MR) is 149 cm³/mol. The van der Waals surface area contributed by atoms with Crippen LogP contribution in [0, 0.1) is 18.2 Å². The molecule has 230 valence electrons. The maximum atomic E-state index is 14.2. The number of aliphatic hydroxyl groups excluding tert-OH is 2. The molecule has 2 aliphatic heterocycles. The highest BCUT2D eigenvalue weighted by molar-refractivity contribution is 5.86. The molecule has 2 aromatic carbocycles. The van der Waals surface area contributed by atoms with Gasteiger partial charge in [-0.1, -0.05) is 19.1 Å². The van der Waals surface area contributed by atoms with E-state index in [4.69, 9.17) is 0 Å². The first-order valence-electron chi connectivity index (χ1n) is 14.3. The number of rotatable bonds is 8. The third kappa shape index (κ3) is 5.86. The van der Waals surface area contributed by atoms with Gasteiger partial charge in [-0.05, 0) is 86.1 Å². The molecule has 42 heavy (non-hydrogen) atoms. The Morgan fingerprint density at radius 2 is 1.79 bits per heavy atom. The molecule has 0 spiro atoms. The number of fused-ring (bicyclic) bond motifs is 1. The molecule has 7 nitrogen and oxygen atoms in total. The lowest BCUT2D eigenvalue weighted by molar-refractivity contribution is -0.140. The lowest BCUT2D eigenvalue weighted by Gasteiger charge is -2.47. The van der Waals surface area contributed by atoms with Gasteiger partial charge in [-0.15, -0.1) is 0 Å². The standard InChI is InChI=1S/C31H39F4N3O4/c1-5-21-15-22(17-23(16-21)31(33,34)35)20(3)36(4)29(42)38-11-10-37-26(18-30(8-12-39,9-13-40)28(37)41)27(38)25-7-6-24(32)14-19(25)2/h6-7,14-17,20,26-27,39-40H,5,8-13,18H2,1-4H3. The summed E-state index contributed by atoms with van der Waals surface area (Å²) >= 11 is 0. The van der Waals surface area contributed by atoms with Gasteiger partial charge in [-0.2, -0.15) is 13.2 Å². The molecule has 0 aliphatic carbocycles. The third-order valence-electron chi connectivity index (χ3n) is 9.09. The van der Waals surface area contributed by atoms with Gasteiger partial charge in [0.1, 0.15) is 5.82 Å².